The van der Waals surface area contributed by atoms with Crippen LogP contribution in [0.1, 0.15) is 51.7 Å². The zero-order chi connectivity index (χ0) is 18.7. The number of hydrogen-bond donors (Lipinski definition) is 2. The summed E-state index contributed by atoms with van der Waals surface area (Å²) >= 11 is 6.80. The number of hydroxylamine groups is 2. The van der Waals surface area contributed by atoms with Crippen molar-refractivity contribution >= 4 is 40.5 Å². The molecule has 2 aliphatic rings. The fourth-order valence-corrected chi connectivity index (χ4v) is 5.10. The number of hydrazone groups is 1. The average Bonchev–Trinajstić information content (AvgIpc) is 3.18. The van der Waals surface area contributed by atoms with Gasteiger partial charge in [-0.05, 0) is 38.8 Å². The molecule has 1 aliphatic heterocycles. The number of furan rings is 1. The molecule has 2 heterocycles. The Kier molecular flexibility index (Phi) is 5.89. The Labute approximate surface area is 162 Å². The quantitative estimate of drug-likeness (QED) is 0.349. The Morgan fingerprint density at radius 2 is 2.23 bits per heavy atom. The summed E-state index contributed by atoms with van der Waals surface area (Å²) < 4.78 is 5.22. The molecule has 1 saturated carbocycles. The lowest BCUT2D eigenvalue weighted by Gasteiger charge is -2.35. The maximum atomic E-state index is 12.6. The number of nitrogens with one attached hydrogen (secondary N) is 1. The minimum Gasteiger partial charge on any atom is -0.463 e. The predicted molar refractivity (Wildman–Crippen MR) is 105 cm³/mol. The fourth-order valence-electron chi connectivity index (χ4n) is 3.31. The second kappa shape index (κ2) is 7.98. The lowest BCUT2D eigenvalue weighted by atomic mass is 9.96. The van der Waals surface area contributed by atoms with Crippen molar-refractivity contribution < 1.29 is 14.4 Å². The highest BCUT2D eigenvalue weighted by Crippen LogP contribution is 2.42. The minimum atomic E-state index is -0.713. The van der Waals surface area contributed by atoms with Crippen LogP contribution >= 0.6 is 24.0 Å². The largest absolute Gasteiger partial charge is 0.463 e. The summed E-state index contributed by atoms with van der Waals surface area (Å²) in [6.45, 7) is 3.85. The van der Waals surface area contributed by atoms with E-state index in [1.807, 2.05) is 13.8 Å². The second-order valence-electron chi connectivity index (χ2n) is 7.08. The zero-order valence-corrected chi connectivity index (χ0v) is 16.6. The van der Waals surface area contributed by atoms with Crippen molar-refractivity contribution in [3.05, 3.63) is 24.2 Å². The van der Waals surface area contributed by atoms with Crippen molar-refractivity contribution in [2.75, 3.05) is 0 Å². The average molecular weight is 397 g/mol. The Hall–Kier alpha value is -1.58. The molecule has 2 fully saturated rings. The summed E-state index contributed by atoms with van der Waals surface area (Å²) in [5.41, 5.74) is 0. The van der Waals surface area contributed by atoms with Crippen LogP contribution in [0.4, 0.5) is 4.79 Å². The molecule has 7 nitrogen and oxygen atoms in total. The van der Waals surface area contributed by atoms with Crippen molar-refractivity contribution in [1.82, 2.24) is 15.4 Å². The van der Waals surface area contributed by atoms with Crippen LogP contribution in [-0.2, 0) is 0 Å². The molecule has 0 spiro atoms. The molecule has 1 unspecified atom stereocenters. The van der Waals surface area contributed by atoms with Crippen LogP contribution in [0.25, 0.3) is 0 Å². The first-order valence-corrected chi connectivity index (χ1v) is 9.99. The molecular formula is C17H24N4O3S2. The Morgan fingerprint density at radius 1 is 1.50 bits per heavy atom. The van der Waals surface area contributed by atoms with Crippen LogP contribution in [0, 0.1) is 0 Å². The monoisotopic (exact) mass is 396 g/mol. The zero-order valence-electron chi connectivity index (χ0n) is 14.9. The van der Waals surface area contributed by atoms with Gasteiger partial charge in [-0.2, -0.15) is 10.2 Å². The normalized spacial score (nSPS) is 23.6. The van der Waals surface area contributed by atoms with Crippen LogP contribution in [-0.4, -0.2) is 48.8 Å². The van der Waals surface area contributed by atoms with E-state index in [2.05, 4.69) is 10.4 Å². The lowest BCUT2D eigenvalue weighted by Crippen LogP contribution is -2.57. The number of thiocarbonyl (C=S) groups is 1. The summed E-state index contributed by atoms with van der Waals surface area (Å²) in [5, 5.41) is 20.1. The standard InChI is InChI=1S/C17H24N4O3S2/c1-17(2)14(21(23)15(22)19-12-7-4-3-5-8-12)20(16(25)26-17)18-11-13-9-6-10-24-13/h6,9-12,14,23H,3-5,7-8H2,1-2H3,(H,19,22). The number of nitrogens with zero attached hydrogens (tertiary/aromatic N) is 3. The maximum Gasteiger partial charge on any atom is 0.343 e. The fraction of sp³-hybridized carbons (Fsp3) is 0.588. The highest BCUT2D eigenvalue weighted by molar-refractivity contribution is 8.24. The molecular weight excluding hydrogens is 372 g/mol. The SMILES string of the molecule is CC1(C)SC(=S)N(N=Cc2ccco2)C1N(O)C(=O)NC1CCCCC1. The molecule has 0 radical (unpaired) electrons. The number of rotatable bonds is 4. The van der Waals surface area contributed by atoms with E-state index < -0.39 is 16.9 Å². The van der Waals surface area contributed by atoms with Gasteiger partial charge >= 0.3 is 6.03 Å². The molecule has 1 aromatic rings. The first kappa shape index (κ1) is 19.2. The van der Waals surface area contributed by atoms with Gasteiger partial charge in [0, 0.05) is 6.04 Å². The third kappa shape index (κ3) is 4.21. The van der Waals surface area contributed by atoms with E-state index in [1.54, 1.807) is 18.4 Å². The highest BCUT2D eigenvalue weighted by atomic mass is 32.2. The van der Waals surface area contributed by atoms with Gasteiger partial charge in [0.1, 0.15) is 5.76 Å². The Balaban J connectivity index is 1.74. The van der Waals surface area contributed by atoms with E-state index in [-0.39, 0.29) is 6.04 Å². The molecule has 1 atom stereocenters. The van der Waals surface area contributed by atoms with Crippen LogP contribution in [0.3, 0.4) is 0 Å². The molecule has 3 rings (SSSR count). The minimum absolute atomic E-state index is 0.107. The van der Waals surface area contributed by atoms with E-state index in [9.17, 15) is 10.0 Å². The van der Waals surface area contributed by atoms with Crippen molar-refractivity contribution in [2.45, 2.75) is 62.9 Å². The van der Waals surface area contributed by atoms with E-state index >= 15 is 0 Å². The Bertz CT molecular complexity index is 672. The topological polar surface area (TPSA) is 81.3 Å². The van der Waals surface area contributed by atoms with Crippen molar-refractivity contribution in [3.8, 4) is 0 Å². The number of carbonyl (C=O) groups is 1. The van der Waals surface area contributed by atoms with E-state index in [4.69, 9.17) is 16.6 Å². The Morgan fingerprint density at radius 3 is 2.88 bits per heavy atom. The molecule has 1 aromatic heterocycles. The molecule has 26 heavy (non-hydrogen) atoms. The molecule has 9 heteroatoms. The van der Waals surface area contributed by atoms with Gasteiger partial charge in [0.15, 0.2) is 10.5 Å². The molecule has 2 amide bonds. The molecule has 1 saturated heterocycles. The molecule has 1 aliphatic carbocycles. The van der Waals surface area contributed by atoms with Gasteiger partial charge in [0.25, 0.3) is 0 Å². The second-order valence-corrected chi connectivity index (χ2v) is 9.37. The maximum absolute atomic E-state index is 12.6. The third-order valence-corrected chi connectivity index (χ3v) is 6.15. The lowest BCUT2D eigenvalue weighted by molar-refractivity contribution is -0.119. The van der Waals surface area contributed by atoms with Crippen LogP contribution < -0.4 is 5.32 Å². The van der Waals surface area contributed by atoms with Gasteiger partial charge in [-0.15, -0.1) is 0 Å². The number of amides is 2. The summed E-state index contributed by atoms with van der Waals surface area (Å²) in [7, 11) is 0. The van der Waals surface area contributed by atoms with Crippen LogP contribution in [0.2, 0.25) is 0 Å². The third-order valence-electron chi connectivity index (χ3n) is 4.62. The predicted octanol–water partition coefficient (Wildman–Crippen LogP) is 3.79. The van der Waals surface area contributed by atoms with Gasteiger partial charge in [-0.1, -0.05) is 43.2 Å². The van der Waals surface area contributed by atoms with E-state index in [0.717, 1.165) is 30.7 Å². The molecule has 0 bridgehead atoms. The van der Waals surface area contributed by atoms with Gasteiger partial charge in [-0.3, -0.25) is 5.21 Å². The van der Waals surface area contributed by atoms with E-state index in [0.29, 0.717) is 10.1 Å². The van der Waals surface area contributed by atoms with E-state index in [1.165, 1.54) is 29.4 Å². The van der Waals surface area contributed by atoms with Gasteiger partial charge in [-0.25, -0.2) is 9.80 Å². The summed E-state index contributed by atoms with van der Waals surface area (Å²) in [6.07, 6.45) is 7.65. The number of urea groups is 1. The number of hydrogen-bond acceptors (Lipinski definition) is 6. The van der Waals surface area contributed by atoms with Crippen LogP contribution in [0.5, 0.6) is 0 Å². The summed E-state index contributed by atoms with van der Waals surface area (Å²) in [5.74, 6) is 0.567. The highest BCUT2D eigenvalue weighted by Gasteiger charge is 2.50. The molecule has 2 N–H and O–H groups in total. The first-order chi connectivity index (χ1) is 12.4. The van der Waals surface area contributed by atoms with Gasteiger partial charge < -0.3 is 9.73 Å². The summed E-state index contributed by atoms with van der Waals surface area (Å²) in [4.78, 5) is 12.6. The van der Waals surface area contributed by atoms with Crippen molar-refractivity contribution in [2.24, 2.45) is 5.10 Å². The van der Waals surface area contributed by atoms with Gasteiger partial charge in [0.2, 0.25) is 0 Å². The number of carbonyl (C=O) groups excluding carboxylic acids is 1. The number of thioether (sulfide) groups is 1. The van der Waals surface area contributed by atoms with Crippen molar-refractivity contribution in [3.63, 3.8) is 0 Å². The first-order valence-electron chi connectivity index (χ1n) is 8.77. The smallest absolute Gasteiger partial charge is 0.343 e. The molecule has 0 aromatic carbocycles. The summed E-state index contributed by atoms with van der Waals surface area (Å²) in [6, 6.07) is 3.12. The van der Waals surface area contributed by atoms with Crippen LogP contribution in [0.15, 0.2) is 27.9 Å². The van der Waals surface area contributed by atoms with Gasteiger partial charge in [0.05, 0.1) is 17.2 Å². The molecule has 142 valence electrons. The van der Waals surface area contributed by atoms with Crippen molar-refractivity contribution in [1.29, 1.82) is 0 Å².